The SMILES string of the molecule is COCCOCN(c1ccc(F)c(C(C)=O)c1F)S(=O)(=O)c1cc(F)ccc1F. The minimum absolute atomic E-state index is 0.0623. The fourth-order valence-electron chi connectivity index (χ4n) is 2.41. The van der Waals surface area contributed by atoms with Gasteiger partial charge in [-0.3, -0.25) is 4.79 Å². The second-order valence-electron chi connectivity index (χ2n) is 5.77. The molecule has 0 radical (unpaired) electrons. The van der Waals surface area contributed by atoms with Crippen molar-refractivity contribution in [2.45, 2.75) is 11.8 Å². The average molecular weight is 435 g/mol. The molecule has 6 nitrogen and oxygen atoms in total. The summed E-state index contributed by atoms with van der Waals surface area (Å²) in [5.74, 6) is -6.00. The van der Waals surface area contributed by atoms with Crippen molar-refractivity contribution in [2.24, 2.45) is 0 Å². The molecule has 2 aromatic carbocycles. The largest absolute Gasteiger partial charge is 0.382 e. The third kappa shape index (κ3) is 4.92. The lowest BCUT2D eigenvalue weighted by Gasteiger charge is -2.25. The standard InChI is InChI=1S/C18H17F4NO5S/c1-11(24)17-14(21)5-6-15(18(17)22)23(10-28-8-7-27-2)29(25,26)16-9-12(19)3-4-13(16)20/h3-6,9H,7-8,10H2,1-2H3. The summed E-state index contributed by atoms with van der Waals surface area (Å²) in [5, 5.41) is 0. The van der Waals surface area contributed by atoms with E-state index in [1.54, 1.807) is 0 Å². The van der Waals surface area contributed by atoms with Gasteiger partial charge < -0.3 is 9.47 Å². The summed E-state index contributed by atoms with van der Waals surface area (Å²) in [6.07, 6.45) is 0. The molecule has 2 aromatic rings. The van der Waals surface area contributed by atoms with Gasteiger partial charge in [-0.05, 0) is 37.3 Å². The van der Waals surface area contributed by atoms with Crippen LogP contribution in [0.5, 0.6) is 0 Å². The van der Waals surface area contributed by atoms with Crippen LogP contribution in [0.3, 0.4) is 0 Å². The van der Waals surface area contributed by atoms with Crippen LogP contribution in [-0.2, 0) is 19.5 Å². The van der Waals surface area contributed by atoms with E-state index >= 15 is 0 Å². The van der Waals surface area contributed by atoms with Gasteiger partial charge in [0.25, 0.3) is 10.0 Å². The number of ether oxygens (including phenoxy) is 2. The molecule has 0 fully saturated rings. The van der Waals surface area contributed by atoms with Gasteiger partial charge in [-0.1, -0.05) is 0 Å². The number of methoxy groups -OCH3 is 1. The second kappa shape index (κ2) is 9.33. The van der Waals surface area contributed by atoms with Gasteiger partial charge in [-0.2, -0.15) is 0 Å². The minimum Gasteiger partial charge on any atom is -0.382 e. The van der Waals surface area contributed by atoms with Crippen LogP contribution in [0.2, 0.25) is 0 Å². The first-order valence-corrected chi connectivity index (χ1v) is 9.58. The molecule has 158 valence electrons. The minimum atomic E-state index is -4.89. The van der Waals surface area contributed by atoms with Crippen LogP contribution in [0.4, 0.5) is 23.2 Å². The second-order valence-corrected chi connectivity index (χ2v) is 7.60. The lowest BCUT2D eigenvalue weighted by molar-refractivity contribution is 0.0754. The van der Waals surface area contributed by atoms with E-state index in [2.05, 4.69) is 0 Å². The van der Waals surface area contributed by atoms with Gasteiger partial charge in [0, 0.05) is 7.11 Å². The lowest BCUT2D eigenvalue weighted by Crippen LogP contribution is -2.35. The number of nitrogens with zero attached hydrogens (tertiary/aromatic N) is 1. The number of Topliss-reactive ketones (excluding diaryl/α,β-unsaturated/α-hetero) is 1. The van der Waals surface area contributed by atoms with E-state index in [0.717, 1.165) is 13.0 Å². The number of ketones is 1. The number of anilines is 1. The van der Waals surface area contributed by atoms with Gasteiger partial charge >= 0.3 is 0 Å². The molecule has 0 unspecified atom stereocenters. The maximum atomic E-state index is 14.8. The molecule has 0 aliphatic rings. The highest BCUT2D eigenvalue weighted by Gasteiger charge is 2.32. The van der Waals surface area contributed by atoms with Crippen molar-refractivity contribution in [3.05, 3.63) is 59.2 Å². The number of sulfonamides is 1. The molecule has 0 aromatic heterocycles. The van der Waals surface area contributed by atoms with Crippen LogP contribution in [0, 0.1) is 23.3 Å². The summed E-state index contributed by atoms with van der Waals surface area (Å²) >= 11 is 0. The molecule has 0 saturated carbocycles. The summed E-state index contributed by atoms with van der Waals surface area (Å²) in [7, 11) is -3.53. The van der Waals surface area contributed by atoms with Crippen LogP contribution < -0.4 is 4.31 Å². The molecule has 0 amide bonds. The molecule has 0 bridgehead atoms. The van der Waals surface area contributed by atoms with E-state index < -0.39 is 62.0 Å². The number of hydrogen-bond acceptors (Lipinski definition) is 5. The van der Waals surface area contributed by atoms with Crippen LogP contribution in [-0.4, -0.2) is 41.3 Å². The van der Waals surface area contributed by atoms with Crippen LogP contribution in [0.25, 0.3) is 0 Å². The lowest BCUT2D eigenvalue weighted by atomic mass is 10.1. The zero-order valence-corrected chi connectivity index (χ0v) is 16.2. The summed E-state index contributed by atoms with van der Waals surface area (Å²) in [4.78, 5) is 10.5. The molecule has 0 spiro atoms. The molecular formula is C18H17F4NO5S. The van der Waals surface area contributed by atoms with Gasteiger partial charge in [0.1, 0.15) is 29.1 Å². The van der Waals surface area contributed by atoms with Gasteiger partial charge in [0.2, 0.25) is 0 Å². The normalized spacial score (nSPS) is 11.5. The Labute approximate surface area is 164 Å². The molecule has 0 saturated heterocycles. The van der Waals surface area contributed by atoms with Crippen molar-refractivity contribution in [1.82, 2.24) is 0 Å². The summed E-state index contributed by atoms with van der Waals surface area (Å²) in [5.41, 5.74) is -1.74. The molecule has 0 heterocycles. The van der Waals surface area contributed by atoms with Crippen molar-refractivity contribution in [1.29, 1.82) is 0 Å². The Kier molecular flexibility index (Phi) is 7.33. The molecule has 2 rings (SSSR count). The number of carbonyl (C=O) groups excluding carboxylic acids is 1. The Morgan fingerprint density at radius 2 is 1.69 bits per heavy atom. The topological polar surface area (TPSA) is 72.9 Å². The molecule has 0 aliphatic heterocycles. The number of rotatable bonds is 9. The van der Waals surface area contributed by atoms with E-state index in [4.69, 9.17) is 9.47 Å². The quantitative estimate of drug-likeness (QED) is 0.262. The van der Waals surface area contributed by atoms with Crippen LogP contribution >= 0.6 is 0 Å². The molecule has 0 N–H and O–H groups in total. The van der Waals surface area contributed by atoms with E-state index in [1.807, 2.05) is 0 Å². The van der Waals surface area contributed by atoms with Gasteiger partial charge in [0.05, 0.1) is 24.5 Å². The maximum Gasteiger partial charge on any atom is 0.269 e. The Bertz CT molecular complexity index is 1010. The third-order valence-electron chi connectivity index (χ3n) is 3.79. The predicted octanol–water partition coefficient (Wildman–Crippen LogP) is 3.26. The van der Waals surface area contributed by atoms with Gasteiger partial charge in [-0.25, -0.2) is 30.3 Å². The number of halogens is 4. The van der Waals surface area contributed by atoms with Gasteiger partial charge in [0.15, 0.2) is 11.6 Å². The van der Waals surface area contributed by atoms with Gasteiger partial charge in [-0.15, -0.1) is 0 Å². The van der Waals surface area contributed by atoms with E-state index in [-0.39, 0.29) is 17.5 Å². The first-order chi connectivity index (χ1) is 13.6. The van der Waals surface area contributed by atoms with E-state index in [1.165, 1.54) is 7.11 Å². The highest BCUT2D eigenvalue weighted by atomic mass is 32.2. The Balaban J connectivity index is 2.63. The average Bonchev–Trinajstić information content (AvgIpc) is 2.64. The fraction of sp³-hybridized carbons (Fsp3) is 0.278. The fourth-order valence-corrected chi connectivity index (χ4v) is 3.84. The van der Waals surface area contributed by atoms with Crippen LogP contribution in [0.1, 0.15) is 17.3 Å². The third-order valence-corrected chi connectivity index (χ3v) is 5.54. The molecule has 11 heteroatoms. The zero-order valence-electron chi connectivity index (χ0n) is 15.4. The van der Waals surface area contributed by atoms with E-state index in [0.29, 0.717) is 24.3 Å². The molecule has 29 heavy (non-hydrogen) atoms. The van der Waals surface area contributed by atoms with Crippen LogP contribution in [0.15, 0.2) is 35.2 Å². The molecular weight excluding hydrogens is 418 g/mol. The van der Waals surface area contributed by atoms with Crippen molar-refractivity contribution in [2.75, 3.05) is 31.4 Å². The number of hydrogen-bond donors (Lipinski definition) is 0. The Morgan fingerprint density at radius 1 is 1.03 bits per heavy atom. The monoisotopic (exact) mass is 435 g/mol. The smallest absolute Gasteiger partial charge is 0.269 e. The number of benzene rings is 2. The number of carbonyl (C=O) groups is 1. The Morgan fingerprint density at radius 3 is 2.31 bits per heavy atom. The summed E-state index contributed by atoms with van der Waals surface area (Å²) in [6, 6.07) is 3.16. The highest BCUT2D eigenvalue weighted by molar-refractivity contribution is 7.92. The highest BCUT2D eigenvalue weighted by Crippen LogP contribution is 2.31. The van der Waals surface area contributed by atoms with E-state index in [9.17, 15) is 30.8 Å². The van der Waals surface area contributed by atoms with Crippen molar-refractivity contribution in [3.8, 4) is 0 Å². The zero-order chi connectivity index (χ0) is 21.8. The summed E-state index contributed by atoms with van der Waals surface area (Å²) in [6.45, 7) is 0.0102. The first kappa shape index (κ1) is 22.8. The Hall–Kier alpha value is -2.50. The predicted molar refractivity (Wildman–Crippen MR) is 95.1 cm³/mol. The van der Waals surface area contributed by atoms with Crippen molar-refractivity contribution < 1.29 is 40.2 Å². The molecule has 0 aliphatic carbocycles. The molecule has 0 atom stereocenters. The summed E-state index contributed by atoms with van der Waals surface area (Å²) < 4.78 is 92.4. The van der Waals surface area contributed by atoms with Crippen molar-refractivity contribution in [3.63, 3.8) is 0 Å². The van der Waals surface area contributed by atoms with Crippen molar-refractivity contribution >= 4 is 21.5 Å². The maximum absolute atomic E-state index is 14.8. The first-order valence-electron chi connectivity index (χ1n) is 8.14.